The summed E-state index contributed by atoms with van der Waals surface area (Å²) in [6, 6.07) is 9.62. The molecular formula is C17H15Br2N3O4. The maximum Gasteiger partial charge on any atom is 0.277 e. The summed E-state index contributed by atoms with van der Waals surface area (Å²) in [5, 5.41) is 14.6. The highest BCUT2D eigenvalue weighted by Gasteiger charge is 2.10. The molecule has 136 valence electrons. The number of ether oxygens (including phenoxy) is 1. The number of carbonyl (C=O) groups excluding carboxylic acids is 1. The quantitative estimate of drug-likeness (QED) is 0.374. The molecule has 2 aromatic carbocycles. The van der Waals surface area contributed by atoms with Crippen LogP contribution < -0.4 is 10.2 Å². The number of non-ortho nitro benzene ring substituents is 1. The summed E-state index contributed by atoms with van der Waals surface area (Å²) in [5.74, 6) is 0.167. The van der Waals surface area contributed by atoms with Gasteiger partial charge in [0.1, 0.15) is 5.75 Å². The van der Waals surface area contributed by atoms with Gasteiger partial charge in [0.2, 0.25) is 0 Å². The van der Waals surface area contributed by atoms with Crippen molar-refractivity contribution in [3.8, 4) is 5.75 Å². The summed E-state index contributed by atoms with van der Waals surface area (Å²) in [7, 11) is 0. The van der Waals surface area contributed by atoms with Crippen molar-refractivity contribution in [1.29, 1.82) is 0 Å². The van der Waals surface area contributed by atoms with E-state index in [1.807, 2.05) is 19.1 Å². The molecule has 1 N–H and O–H groups in total. The van der Waals surface area contributed by atoms with Crippen LogP contribution in [0.25, 0.3) is 0 Å². The highest BCUT2D eigenvalue weighted by atomic mass is 79.9. The lowest BCUT2D eigenvalue weighted by molar-refractivity contribution is -0.384. The summed E-state index contributed by atoms with van der Waals surface area (Å²) in [6.07, 6.45) is 0. The first kappa shape index (κ1) is 20.1. The van der Waals surface area contributed by atoms with Crippen molar-refractivity contribution in [2.45, 2.75) is 13.8 Å². The smallest absolute Gasteiger partial charge is 0.277 e. The largest absolute Gasteiger partial charge is 0.482 e. The van der Waals surface area contributed by atoms with Gasteiger partial charge in [0, 0.05) is 16.6 Å². The number of nitrogens with zero attached hydrogens (tertiary/aromatic N) is 2. The maximum absolute atomic E-state index is 11.9. The number of benzene rings is 2. The molecule has 0 unspecified atom stereocenters. The summed E-state index contributed by atoms with van der Waals surface area (Å²) in [4.78, 5) is 22.1. The highest BCUT2D eigenvalue weighted by Crippen LogP contribution is 2.32. The second-order valence-corrected chi connectivity index (χ2v) is 7.13. The number of carbonyl (C=O) groups is 1. The molecular weight excluding hydrogens is 470 g/mol. The van der Waals surface area contributed by atoms with Crippen LogP contribution in [-0.2, 0) is 4.79 Å². The number of aryl methyl sites for hydroxylation is 1. The van der Waals surface area contributed by atoms with Gasteiger partial charge in [0.15, 0.2) is 6.61 Å². The molecule has 0 aliphatic rings. The predicted molar refractivity (Wildman–Crippen MR) is 106 cm³/mol. The molecule has 0 saturated carbocycles. The molecule has 2 rings (SSSR count). The van der Waals surface area contributed by atoms with E-state index in [0.29, 0.717) is 17.0 Å². The minimum Gasteiger partial charge on any atom is -0.482 e. The molecule has 0 radical (unpaired) electrons. The summed E-state index contributed by atoms with van der Waals surface area (Å²) in [5.41, 5.74) is 4.47. The molecule has 0 fully saturated rings. The van der Waals surface area contributed by atoms with Gasteiger partial charge >= 0.3 is 0 Å². The summed E-state index contributed by atoms with van der Waals surface area (Å²) < 4.78 is 7.18. The first-order valence-corrected chi connectivity index (χ1v) is 9.03. The van der Waals surface area contributed by atoms with E-state index in [0.717, 1.165) is 14.5 Å². The number of halogens is 2. The Labute approximate surface area is 166 Å². The van der Waals surface area contributed by atoms with Gasteiger partial charge in [-0.1, -0.05) is 15.9 Å². The number of nitro benzene ring substituents is 1. The van der Waals surface area contributed by atoms with Gasteiger partial charge in [-0.15, -0.1) is 0 Å². The van der Waals surface area contributed by atoms with Crippen LogP contribution in [0, 0.1) is 17.0 Å². The molecule has 0 heterocycles. The molecule has 0 aliphatic heterocycles. The number of hydrogen-bond acceptors (Lipinski definition) is 5. The zero-order valence-electron chi connectivity index (χ0n) is 14.0. The summed E-state index contributed by atoms with van der Waals surface area (Å²) in [6.45, 7) is 3.37. The van der Waals surface area contributed by atoms with E-state index in [1.165, 1.54) is 12.1 Å². The molecule has 0 saturated heterocycles. The van der Waals surface area contributed by atoms with Crippen molar-refractivity contribution in [3.05, 3.63) is 66.6 Å². The van der Waals surface area contributed by atoms with E-state index < -0.39 is 10.8 Å². The second-order valence-electron chi connectivity index (χ2n) is 5.36. The van der Waals surface area contributed by atoms with Crippen LogP contribution in [0.3, 0.4) is 0 Å². The van der Waals surface area contributed by atoms with Gasteiger partial charge in [-0.25, -0.2) is 5.43 Å². The normalized spacial score (nSPS) is 11.2. The summed E-state index contributed by atoms with van der Waals surface area (Å²) >= 11 is 6.78. The third-order valence-corrected chi connectivity index (χ3v) is 4.43. The van der Waals surface area contributed by atoms with E-state index >= 15 is 0 Å². The van der Waals surface area contributed by atoms with Gasteiger partial charge in [-0.05, 0) is 65.2 Å². The molecule has 9 heteroatoms. The lowest BCUT2D eigenvalue weighted by Crippen LogP contribution is -2.25. The lowest BCUT2D eigenvalue weighted by atomic mass is 10.1. The number of nitrogens with one attached hydrogen (secondary N) is 1. The molecule has 0 spiro atoms. The first-order valence-electron chi connectivity index (χ1n) is 7.44. The van der Waals surface area contributed by atoms with Gasteiger partial charge in [0.05, 0.1) is 15.1 Å². The molecule has 1 amide bonds. The Bertz CT molecular complexity index is 844. The van der Waals surface area contributed by atoms with E-state index in [2.05, 4.69) is 42.4 Å². The van der Waals surface area contributed by atoms with Gasteiger partial charge in [-0.2, -0.15) is 5.10 Å². The predicted octanol–water partition coefficient (Wildman–Crippen LogP) is 4.35. The molecule has 7 nitrogen and oxygen atoms in total. The molecule has 0 bridgehead atoms. The zero-order chi connectivity index (χ0) is 19.3. The fraction of sp³-hybridized carbons (Fsp3) is 0.176. The Morgan fingerprint density at radius 2 is 1.92 bits per heavy atom. The number of rotatable bonds is 6. The fourth-order valence-corrected chi connectivity index (χ4v) is 3.63. The van der Waals surface area contributed by atoms with Gasteiger partial charge < -0.3 is 4.74 Å². The standard InChI is InChI=1S/C17H15Br2N3O4/c1-10-7-13(18)8-15(19)17(10)26-9-16(23)21-20-11(2)12-3-5-14(6-4-12)22(24)25/h3-8H,9H2,1-2H3,(H,21,23)/b20-11-. The number of hydrogen-bond donors (Lipinski definition) is 1. The Morgan fingerprint density at radius 3 is 2.50 bits per heavy atom. The Morgan fingerprint density at radius 1 is 1.27 bits per heavy atom. The Kier molecular flexibility index (Phi) is 6.87. The second kappa shape index (κ2) is 8.91. The van der Waals surface area contributed by atoms with Crippen LogP contribution in [0.15, 0.2) is 50.4 Å². The molecule has 2 aromatic rings. The Hall–Kier alpha value is -2.26. The van der Waals surface area contributed by atoms with Crippen molar-refractivity contribution >= 4 is 49.2 Å². The van der Waals surface area contributed by atoms with Crippen LogP contribution >= 0.6 is 31.9 Å². The van der Waals surface area contributed by atoms with Gasteiger partial charge in [0.25, 0.3) is 11.6 Å². The minimum absolute atomic E-state index is 0.00516. The molecule has 26 heavy (non-hydrogen) atoms. The maximum atomic E-state index is 11.9. The van der Waals surface area contributed by atoms with Crippen molar-refractivity contribution in [2.75, 3.05) is 6.61 Å². The SMILES string of the molecule is C/C(=N/NC(=O)COc1c(C)cc(Br)cc1Br)c1ccc([N+](=O)[O-])cc1. The fourth-order valence-electron chi connectivity index (χ4n) is 2.08. The van der Waals surface area contributed by atoms with E-state index in [-0.39, 0.29) is 12.3 Å². The Balaban J connectivity index is 1.95. The highest BCUT2D eigenvalue weighted by molar-refractivity contribution is 9.11. The number of amides is 1. The molecule has 0 aliphatic carbocycles. The van der Waals surface area contributed by atoms with Crippen LogP contribution in [0.2, 0.25) is 0 Å². The van der Waals surface area contributed by atoms with Crippen LogP contribution in [0.1, 0.15) is 18.1 Å². The average molecular weight is 485 g/mol. The zero-order valence-corrected chi connectivity index (χ0v) is 17.1. The lowest BCUT2D eigenvalue weighted by Gasteiger charge is -2.11. The third kappa shape index (κ3) is 5.37. The average Bonchev–Trinajstić information content (AvgIpc) is 2.58. The topological polar surface area (TPSA) is 93.8 Å². The monoisotopic (exact) mass is 483 g/mol. The van der Waals surface area contributed by atoms with Gasteiger partial charge in [-0.3, -0.25) is 14.9 Å². The van der Waals surface area contributed by atoms with E-state index in [4.69, 9.17) is 4.74 Å². The molecule has 0 atom stereocenters. The van der Waals surface area contributed by atoms with Crippen LogP contribution in [-0.4, -0.2) is 23.1 Å². The first-order chi connectivity index (χ1) is 12.3. The van der Waals surface area contributed by atoms with E-state index in [9.17, 15) is 14.9 Å². The number of nitro groups is 1. The van der Waals surface area contributed by atoms with Crippen molar-refractivity contribution in [1.82, 2.24) is 5.43 Å². The van der Waals surface area contributed by atoms with Crippen LogP contribution in [0.4, 0.5) is 5.69 Å². The minimum atomic E-state index is -0.475. The van der Waals surface area contributed by atoms with Crippen molar-refractivity contribution in [3.63, 3.8) is 0 Å². The van der Waals surface area contributed by atoms with E-state index in [1.54, 1.807) is 19.1 Å². The third-order valence-electron chi connectivity index (χ3n) is 3.39. The van der Waals surface area contributed by atoms with Crippen LogP contribution in [0.5, 0.6) is 5.75 Å². The molecule has 0 aromatic heterocycles. The van der Waals surface area contributed by atoms with Crippen molar-refractivity contribution in [2.24, 2.45) is 5.10 Å². The number of hydrazone groups is 1. The van der Waals surface area contributed by atoms with Crippen molar-refractivity contribution < 1.29 is 14.5 Å².